The van der Waals surface area contributed by atoms with Gasteiger partial charge in [0.1, 0.15) is 6.10 Å². The Bertz CT molecular complexity index is 187. The number of carbonyl (C=O) groups excluding carboxylic acids is 1. The number of hydrogen-bond acceptors (Lipinski definition) is 3. The third-order valence-electron chi connectivity index (χ3n) is 2.13. The molecule has 4 nitrogen and oxygen atoms in total. The van der Waals surface area contributed by atoms with Gasteiger partial charge in [-0.1, -0.05) is 27.7 Å². The number of hydrogen-bond donors (Lipinski definition) is 2. The predicted molar refractivity (Wildman–Crippen MR) is 57.1 cm³/mol. The van der Waals surface area contributed by atoms with Crippen LogP contribution >= 0.6 is 0 Å². The van der Waals surface area contributed by atoms with Crippen LogP contribution in [0.5, 0.6) is 0 Å². The number of nitrogens with one attached hydrogen (secondary N) is 1. The molecule has 0 heterocycles. The molecule has 3 N–H and O–H groups in total. The maximum absolute atomic E-state index is 10.6. The number of primary amides is 1. The Morgan fingerprint density at radius 1 is 1.50 bits per heavy atom. The predicted octanol–water partition coefficient (Wildman–Crippen LogP) is 1.49. The van der Waals surface area contributed by atoms with Crippen molar-refractivity contribution in [2.45, 2.75) is 46.8 Å². The summed E-state index contributed by atoms with van der Waals surface area (Å²) in [7, 11) is 0. The lowest BCUT2D eigenvalue weighted by Gasteiger charge is -2.35. The molecule has 0 aromatic heterocycles. The maximum Gasteiger partial charge on any atom is 0.404 e. The third-order valence-corrected chi connectivity index (χ3v) is 2.13. The summed E-state index contributed by atoms with van der Waals surface area (Å²) < 4.78 is 4.97. The molecule has 0 aliphatic rings. The first kappa shape index (κ1) is 13.2. The smallest absolute Gasteiger partial charge is 0.404 e. The van der Waals surface area contributed by atoms with Crippen molar-refractivity contribution in [3.8, 4) is 0 Å². The Morgan fingerprint density at radius 3 is 2.29 bits per heavy atom. The lowest BCUT2D eigenvalue weighted by molar-refractivity contribution is 0.0579. The van der Waals surface area contributed by atoms with Crippen LogP contribution in [0, 0.1) is 5.41 Å². The molecular weight excluding hydrogens is 180 g/mol. The van der Waals surface area contributed by atoms with E-state index in [0.717, 1.165) is 6.54 Å². The Morgan fingerprint density at radius 2 is 2.00 bits per heavy atom. The van der Waals surface area contributed by atoms with Gasteiger partial charge in [0.25, 0.3) is 0 Å². The normalized spacial score (nSPS) is 16.1. The maximum atomic E-state index is 10.6. The van der Waals surface area contributed by atoms with Gasteiger partial charge in [0.15, 0.2) is 0 Å². The summed E-state index contributed by atoms with van der Waals surface area (Å²) in [4.78, 5) is 10.6. The van der Waals surface area contributed by atoms with Gasteiger partial charge in [-0.15, -0.1) is 0 Å². The molecule has 0 saturated carbocycles. The van der Waals surface area contributed by atoms with E-state index in [1.807, 2.05) is 13.8 Å². The summed E-state index contributed by atoms with van der Waals surface area (Å²) in [5.41, 5.74) is 5.01. The van der Waals surface area contributed by atoms with Crippen molar-refractivity contribution in [2.24, 2.45) is 11.1 Å². The van der Waals surface area contributed by atoms with E-state index < -0.39 is 6.09 Å². The molecule has 0 spiro atoms. The summed E-state index contributed by atoms with van der Waals surface area (Å²) in [6.07, 6.45) is -0.933. The zero-order valence-corrected chi connectivity index (χ0v) is 9.76. The van der Waals surface area contributed by atoms with Gasteiger partial charge in [0.2, 0.25) is 0 Å². The van der Waals surface area contributed by atoms with Gasteiger partial charge in [0.05, 0.1) is 0 Å². The van der Waals surface area contributed by atoms with E-state index in [2.05, 4.69) is 26.1 Å². The monoisotopic (exact) mass is 202 g/mol. The van der Waals surface area contributed by atoms with Gasteiger partial charge in [-0.25, -0.2) is 4.79 Å². The average Bonchev–Trinajstić information content (AvgIpc) is 1.96. The quantitative estimate of drug-likeness (QED) is 0.726. The van der Waals surface area contributed by atoms with Crippen molar-refractivity contribution < 1.29 is 9.53 Å². The first-order valence-electron chi connectivity index (χ1n) is 4.98. The van der Waals surface area contributed by atoms with Crippen LogP contribution in [0.3, 0.4) is 0 Å². The highest BCUT2D eigenvalue weighted by molar-refractivity contribution is 5.64. The average molecular weight is 202 g/mol. The molecule has 2 atom stereocenters. The van der Waals surface area contributed by atoms with E-state index in [4.69, 9.17) is 10.5 Å². The van der Waals surface area contributed by atoms with Crippen LogP contribution in [-0.2, 0) is 4.74 Å². The van der Waals surface area contributed by atoms with E-state index in [-0.39, 0.29) is 17.6 Å². The Kier molecular flexibility index (Phi) is 4.91. The van der Waals surface area contributed by atoms with E-state index in [1.165, 1.54) is 0 Å². The molecule has 1 unspecified atom stereocenters. The molecule has 0 aromatic carbocycles. The number of carbonyl (C=O) groups is 1. The van der Waals surface area contributed by atoms with Crippen molar-refractivity contribution in [3.05, 3.63) is 0 Å². The molecule has 14 heavy (non-hydrogen) atoms. The lowest BCUT2D eigenvalue weighted by Crippen LogP contribution is -2.49. The Balaban J connectivity index is 4.40. The molecule has 0 aliphatic carbocycles. The molecule has 1 amide bonds. The fourth-order valence-corrected chi connectivity index (χ4v) is 1.65. The number of nitrogens with two attached hydrogens (primary N) is 1. The molecule has 0 fully saturated rings. The number of amides is 1. The molecule has 0 bridgehead atoms. The molecule has 0 rings (SSSR count). The second kappa shape index (κ2) is 5.20. The largest absolute Gasteiger partial charge is 0.445 e. The SMILES string of the molecule is CCNC([C@H](C)OC(N)=O)C(C)(C)C. The second-order valence-electron chi connectivity index (χ2n) is 4.54. The van der Waals surface area contributed by atoms with Crippen LogP contribution in [-0.4, -0.2) is 24.8 Å². The van der Waals surface area contributed by atoms with Gasteiger partial charge in [0, 0.05) is 6.04 Å². The summed E-state index contributed by atoms with van der Waals surface area (Å²) in [6, 6.07) is 0.111. The fourth-order valence-electron chi connectivity index (χ4n) is 1.65. The number of rotatable bonds is 4. The van der Waals surface area contributed by atoms with Crippen LogP contribution in [0.2, 0.25) is 0 Å². The van der Waals surface area contributed by atoms with E-state index in [9.17, 15) is 4.79 Å². The van der Waals surface area contributed by atoms with Crippen molar-refractivity contribution in [2.75, 3.05) is 6.54 Å². The molecule has 4 heteroatoms. The highest BCUT2D eigenvalue weighted by Gasteiger charge is 2.30. The zero-order chi connectivity index (χ0) is 11.4. The van der Waals surface area contributed by atoms with Crippen molar-refractivity contribution >= 4 is 6.09 Å². The topological polar surface area (TPSA) is 64.3 Å². The van der Waals surface area contributed by atoms with Gasteiger partial charge in [-0.2, -0.15) is 0 Å². The number of likely N-dealkylation sites (N-methyl/N-ethyl adjacent to an activating group) is 1. The van der Waals surface area contributed by atoms with Crippen LogP contribution in [0.4, 0.5) is 4.79 Å². The summed E-state index contributed by atoms with van der Waals surface area (Å²) >= 11 is 0. The van der Waals surface area contributed by atoms with Crippen LogP contribution in [0.25, 0.3) is 0 Å². The third kappa shape index (κ3) is 4.46. The standard InChI is InChI=1S/C10H22N2O2/c1-6-12-8(10(3,4)5)7(2)14-9(11)13/h7-8,12H,6H2,1-5H3,(H2,11,13)/t7-,8?/m0/s1. The molecule has 0 saturated heterocycles. The molecule has 0 aromatic rings. The highest BCUT2D eigenvalue weighted by Crippen LogP contribution is 2.23. The number of ether oxygens (including phenoxy) is 1. The first-order valence-corrected chi connectivity index (χ1v) is 4.98. The van der Waals surface area contributed by atoms with E-state index in [1.54, 1.807) is 0 Å². The summed E-state index contributed by atoms with van der Waals surface area (Å²) in [6.45, 7) is 11.0. The second-order valence-corrected chi connectivity index (χ2v) is 4.54. The van der Waals surface area contributed by atoms with Crippen molar-refractivity contribution in [1.29, 1.82) is 0 Å². The van der Waals surface area contributed by atoms with Crippen molar-refractivity contribution in [1.82, 2.24) is 5.32 Å². The Labute approximate surface area is 86.2 Å². The molecule has 84 valence electrons. The van der Waals surface area contributed by atoms with E-state index >= 15 is 0 Å². The highest BCUT2D eigenvalue weighted by atomic mass is 16.6. The summed E-state index contributed by atoms with van der Waals surface area (Å²) in [5, 5.41) is 3.29. The minimum atomic E-state index is -0.718. The van der Waals surface area contributed by atoms with Crippen LogP contribution in [0.1, 0.15) is 34.6 Å². The minimum absolute atomic E-state index is 0.0326. The van der Waals surface area contributed by atoms with Gasteiger partial charge in [-0.3, -0.25) is 0 Å². The lowest BCUT2D eigenvalue weighted by atomic mass is 9.83. The zero-order valence-electron chi connectivity index (χ0n) is 9.76. The first-order chi connectivity index (χ1) is 6.29. The molecule has 0 aliphatic heterocycles. The van der Waals surface area contributed by atoms with E-state index in [0.29, 0.717) is 0 Å². The van der Waals surface area contributed by atoms with Gasteiger partial charge in [-0.05, 0) is 18.9 Å². The van der Waals surface area contributed by atoms with Crippen LogP contribution < -0.4 is 11.1 Å². The molecular formula is C10H22N2O2. The molecule has 0 radical (unpaired) electrons. The van der Waals surface area contributed by atoms with Gasteiger partial charge < -0.3 is 15.8 Å². The van der Waals surface area contributed by atoms with Gasteiger partial charge >= 0.3 is 6.09 Å². The minimum Gasteiger partial charge on any atom is -0.445 e. The van der Waals surface area contributed by atoms with Crippen molar-refractivity contribution in [3.63, 3.8) is 0 Å². The van der Waals surface area contributed by atoms with Crippen LogP contribution in [0.15, 0.2) is 0 Å². The Hall–Kier alpha value is -0.770. The fraction of sp³-hybridized carbons (Fsp3) is 0.900. The summed E-state index contributed by atoms with van der Waals surface area (Å²) in [5.74, 6) is 0.